The van der Waals surface area contributed by atoms with Crippen molar-refractivity contribution < 1.29 is 0 Å². The van der Waals surface area contributed by atoms with Crippen LogP contribution < -0.4 is 0 Å². The van der Waals surface area contributed by atoms with Crippen molar-refractivity contribution in [2.75, 3.05) is 5.75 Å². The maximum atomic E-state index is 5.12. The van der Waals surface area contributed by atoms with Crippen LogP contribution in [-0.2, 0) is 0 Å². The van der Waals surface area contributed by atoms with Gasteiger partial charge in [-0.2, -0.15) is 11.8 Å². The van der Waals surface area contributed by atoms with E-state index in [4.69, 9.17) is 12.2 Å². The Labute approximate surface area is 94.7 Å². The summed E-state index contributed by atoms with van der Waals surface area (Å²) in [6.07, 6.45) is 4.28. The van der Waals surface area contributed by atoms with Gasteiger partial charge in [-0.15, -0.1) is 0 Å². The number of nitrogens with one attached hydrogen (secondary N) is 1. The summed E-state index contributed by atoms with van der Waals surface area (Å²) in [5.74, 6) is 2.26. The van der Waals surface area contributed by atoms with Gasteiger partial charge in [0.05, 0.1) is 9.72 Å². The van der Waals surface area contributed by atoms with Crippen molar-refractivity contribution in [3.63, 3.8) is 0 Å². The van der Waals surface area contributed by atoms with Crippen molar-refractivity contribution in [1.29, 1.82) is 0 Å². The highest BCUT2D eigenvalue weighted by Crippen LogP contribution is 2.38. The Hall–Kier alpha value is 0.130. The van der Waals surface area contributed by atoms with Crippen LogP contribution in [0, 0.1) is 4.64 Å². The Morgan fingerprint density at radius 1 is 1.69 bits per heavy atom. The van der Waals surface area contributed by atoms with Crippen LogP contribution in [-0.4, -0.2) is 15.7 Å². The fourth-order valence-corrected chi connectivity index (χ4v) is 2.94. The Morgan fingerprint density at radius 2 is 2.54 bits per heavy atom. The van der Waals surface area contributed by atoms with Crippen molar-refractivity contribution in [2.24, 2.45) is 0 Å². The second-order valence-electron chi connectivity index (χ2n) is 2.95. The number of hydrogen-bond donors (Lipinski definition) is 1. The number of aromatic nitrogens is 2. The third kappa shape index (κ3) is 2.14. The Bertz CT molecular complexity index is 357. The molecule has 0 aromatic carbocycles. The molecule has 70 valence electrons. The molecular formula is C8H9BrN2S2. The molecule has 0 radical (unpaired) electrons. The lowest BCUT2D eigenvalue weighted by Gasteiger charge is -2.06. The first-order valence-electron chi connectivity index (χ1n) is 4.13. The van der Waals surface area contributed by atoms with Crippen LogP contribution in [0.15, 0.2) is 10.7 Å². The number of H-pyrrole nitrogens is 1. The minimum absolute atomic E-state index is 0.523. The van der Waals surface area contributed by atoms with E-state index >= 15 is 0 Å². The molecule has 1 N–H and O–H groups in total. The molecule has 1 aliphatic heterocycles. The molecule has 1 aromatic heterocycles. The Kier molecular flexibility index (Phi) is 3.06. The molecule has 0 spiro atoms. The number of aromatic amines is 1. The molecule has 1 unspecified atom stereocenters. The van der Waals surface area contributed by atoms with E-state index in [1.165, 1.54) is 18.6 Å². The van der Waals surface area contributed by atoms with Gasteiger partial charge in [0.1, 0.15) is 10.5 Å². The van der Waals surface area contributed by atoms with Gasteiger partial charge < -0.3 is 4.98 Å². The van der Waals surface area contributed by atoms with Gasteiger partial charge in [-0.3, -0.25) is 0 Å². The molecule has 2 heterocycles. The fraction of sp³-hybridized carbons (Fsp3) is 0.500. The van der Waals surface area contributed by atoms with E-state index in [1.807, 2.05) is 11.8 Å². The zero-order valence-electron chi connectivity index (χ0n) is 6.92. The molecule has 1 atom stereocenters. The van der Waals surface area contributed by atoms with Crippen molar-refractivity contribution in [3.05, 3.63) is 21.1 Å². The number of nitrogens with zero attached hydrogens (tertiary/aromatic N) is 1. The lowest BCUT2D eigenvalue weighted by atomic mass is 10.2. The van der Waals surface area contributed by atoms with Crippen LogP contribution in [0.3, 0.4) is 0 Å². The zero-order chi connectivity index (χ0) is 9.26. The van der Waals surface area contributed by atoms with Gasteiger partial charge in [0.2, 0.25) is 0 Å². The van der Waals surface area contributed by atoms with Gasteiger partial charge in [0.25, 0.3) is 0 Å². The molecule has 0 amide bonds. The normalized spacial score (nSPS) is 22.1. The summed E-state index contributed by atoms with van der Waals surface area (Å²) in [5.41, 5.74) is 0. The van der Waals surface area contributed by atoms with Crippen LogP contribution in [0.5, 0.6) is 0 Å². The van der Waals surface area contributed by atoms with E-state index in [9.17, 15) is 0 Å². The fourth-order valence-electron chi connectivity index (χ4n) is 1.35. The smallest absolute Gasteiger partial charge is 0.120 e. The highest BCUT2D eigenvalue weighted by atomic mass is 79.9. The molecule has 5 heteroatoms. The topological polar surface area (TPSA) is 28.7 Å². The Balaban J connectivity index is 2.30. The Morgan fingerprint density at radius 3 is 3.15 bits per heavy atom. The molecular weight excluding hydrogens is 268 g/mol. The lowest BCUT2D eigenvalue weighted by molar-refractivity contribution is 0.773. The summed E-state index contributed by atoms with van der Waals surface area (Å²) in [6.45, 7) is 0. The molecule has 2 nitrogen and oxygen atoms in total. The van der Waals surface area contributed by atoms with Crippen LogP contribution in [0.4, 0.5) is 0 Å². The van der Waals surface area contributed by atoms with Gasteiger partial charge in [-0.1, -0.05) is 12.2 Å². The third-order valence-electron chi connectivity index (χ3n) is 2.01. The van der Waals surface area contributed by atoms with E-state index < -0.39 is 0 Å². The molecule has 0 bridgehead atoms. The summed E-state index contributed by atoms with van der Waals surface area (Å²) < 4.78 is 1.62. The monoisotopic (exact) mass is 276 g/mol. The zero-order valence-corrected chi connectivity index (χ0v) is 10.1. The van der Waals surface area contributed by atoms with Crippen LogP contribution in [0.2, 0.25) is 0 Å². The van der Waals surface area contributed by atoms with Gasteiger partial charge in [0, 0.05) is 6.20 Å². The van der Waals surface area contributed by atoms with Crippen molar-refractivity contribution in [3.8, 4) is 0 Å². The molecule has 13 heavy (non-hydrogen) atoms. The lowest BCUT2D eigenvalue weighted by Crippen LogP contribution is -1.97. The second kappa shape index (κ2) is 4.11. The number of rotatable bonds is 1. The third-order valence-corrected chi connectivity index (χ3v) is 4.58. The second-order valence-corrected chi connectivity index (χ2v) is 5.52. The number of hydrogen-bond acceptors (Lipinski definition) is 3. The molecule has 1 aromatic rings. The first-order chi connectivity index (χ1) is 6.27. The summed E-state index contributed by atoms with van der Waals surface area (Å²) in [6, 6.07) is 0. The molecule has 2 rings (SSSR count). The minimum atomic E-state index is 0.523. The van der Waals surface area contributed by atoms with Gasteiger partial charge in [-0.05, 0) is 34.5 Å². The number of halogens is 1. The maximum absolute atomic E-state index is 5.12. The molecule has 1 aliphatic rings. The largest absolute Gasteiger partial charge is 0.333 e. The van der Waals surface area contributed by atoms with Crippen LogP contribution >= 0.6 is 39.9 Å². The van der Waals surface area contributed by atoms with Crippen LogP contribution in [0.25, 0.3) is 0 Å². The quantitative estimate of drug-likeness (QED) is 0.797. The van der Waals surface area contributed by atoms with Crippen molar-refractivity contribution >= 4 is 39.9 Å². The van der Waals surface area contributed by atoms with Gasteiger partial charge in [0.15, 0.2) is 0 Å². The number of thioether (sulfide) groups is 1. The first kappa shape index (κ1) is 9.68. The summed E-state index contributed by atoms with van der Waals surface area (Å²) >= 11 is 10.4. The SMILES string of the molecule is S=c1[nH]c(C2CCCS2)ncc1Br. The van der Waals surface area contributed by atoms with E-state index in [0.29, 0.717) is 5.25 Å². The molecule has 0 saturated carbocycles. The highest BCUT2D eigenvalue weighted by Gasteiger charge is 2.19. The molecule has 1 fully saturated rings. The van der Waals surface area contributed by atoms with Crippen LogP contribution in [0.1, 0.15) is 23.9 Å². The molecule has 0 aliphatic carbocycles. The average molecular weight is 277 g/mol. The van der Waals surface area contributed by atoms with E-state index in [0.717, 1.165) is 14.9 Å². The summed E-state index contributed by atoms with van der Waals surface area (Å²) in [7, 11) is 0. The first-order valence-corrected chi connectivity index (χ1v) is 6.38. The van der Waals surface area contributed by atoms with E-state index in [-0.39, 0.29) is 0 Å². The predicted octanol–water partition coefficient (Wildman–Crippen LogP) is 3.47. The molecule has 1 saturated heterocycles. The minimum Gasteiger partial charge on any atom is -0.333 e. The van der Waals surface area contributed by atoms with E-state index in [1.54, 1.807) is 6.20 Å². The van der Waals surface area contributed by atoms with Gasteiger partial charge in [-0.25, -0.2) is 4.98 Å². The summed E-state index contributed by atoms with van der Waals surface area (Å²) in [4.78, 5) is 7.48. The highest BCUT2D eigenvalue weighted by molar-refractivity contribution is 9.10. The van der Waals surface area contributed by atoms with E-state index in [2.05, 4.69) is 25.9 Å². The maximum Gasteiger partial charge on any atom is 0.120 e. The van der Waals surface area contributed by atoms with Crippen molar-refractivity contribution in [1.82, 2.24) is 9.97 Å². The average Bonchev–Trinajstić information content (AvgIpc) is 2.62. The predicted molar refractivity (Wildman–Crippen MR) is 61.6 cm³/mol. The van der Waals surface area contributed by atoms with Crippen molar-refractivity contribution in [2.45, 2.75) is 18.1 Å². The van der Waals surface area contributed by atoms with Gasteiger partial charge >= 0.3 is 0 Å². The standard InChI is InChI=1S/C8H9BrN2S2/c9-5-4-10-7(11-8(5)12)6-2-1-3-13-6/h4,6H,1-3H2,(H,10,11,12). The summed E-state index contributed by atoms with van der Waals surface area (Å²) in [5, 5.41) is 0.523.